The smallest absolute Gasteiger partial charge is 0.269 e. The summed E-state index contributed by atoms with van der Waals surface area (Å²) in [4.78, 5) is 33.5. The molecule has 28 heavy (non-hydrogen) atoms. The van der Waals surface area contributed by atoms with Crippen LogP contribution in [0.15, 0.2) is 59.7 Å². The zero-order valence-corrected chi connectivity index (χ0v) is 15.2. The molecule has 7 heteroatoms. The molecule has 3 rings (SSSR count). The van der Waals surface area contributed by atoms with Crippen molar-refractivity contribution in [1.29, 1.82) is 0 Å². The quantitative estimate of drug-likeness (QED) is 0.424. The fourth-order valence-electron chi connectivity index (χ4n) is 3.16. The number of allylic oxidation sites excluding steroid dienone is 2. The van der Waals surface area contributed by atoms with Crippen molar-refractivity contribution in [2.24, 2.45) is 5.92 Å². The van der Waals surface area contributed by atoms with Gasteiger partial charge in [0.2, 0.25) is 0 Å². The van der Waals surface area contributed by atoms with Crippen LogP contribution in [0.3, 0.4) is 0 Å². The third kappa shape index (κ3) is 4.20. The number of nitro groups is 2. The number of hydrogen-bond donors (Lipinski definition) is 0. The van der Waals surface area contributed by atoms with E-state index in [0.29, 0.717) is 17.6 Å². The van der Waals surface area contributed by atoms with Crippen molar-refractivity contribution in [2.75, 3.05) is 0 Å². The highest BCUT2D eigenvalue weighted by Crippen LogP contribution is 2.33. The van der Waals surface area contributed by atoms with E-state index in [0.717, 1.165) is 17.5 Å². The summed E-state index contributed by atoms with van der Waals surface area (Å²) in [6.45, 7) is 1.98. The molecule has 142 valence electrons. The predicted octanol–water partition coefficient (Wildman–Crippen LogP) is 4.97. The molecule has 0 saturated heterocycles. The maximum Gasteiger partial charge on any atom is 0.269 e. The van der Waals surface area contributed by atoms with Gasteiger partial charge < -0.3 is 0 Å². The van der Waals surface area contributed by atoms with Gasteiger partial charge in [-0.05, 0) is 66.3 Å². The SMILES string of the molecule is C[C@H]1CC/C(=C/c2ccc([N+](=O)[O-])cc2)C(=O)/C1=C/c1ccc([N+](=O)[O-])cc1. The molecule has 7 nitrogen and oxygen atoms in total. The number of nitro benzene ring substituents is 2. The van der Waals surface area contributed by atoms with Crippen molar-refractivity contribution in [2.45, 2.75) is 19.8 Å². The Morgan fingerprint density at radius 2 is 1.32 bits per heavy atom. The summed E-state index contributed by atoms with van der Waals surface area (Å²) in [6.07, 6.45) is 4.99. The highest BCUT2D eigenvalue weighted by atomic mass is 16.6. The number of non-ortho nitro benzene ring substituents is 2. The molecular formula is C21H18N2O5. The van der Waals surface area contributed by atoms with Crippen LogP contribution >= 0.6 is 0 Å². The first-order chi connectivity index (χ1) is 13.3. The lowest BCUT2D eigenvalue weighted by Crippen LogP contribution is -2.19. The Bertz CT molecular complexity index is 988. The van der Waals surface area contributed by atoms with Crippen molar-refractivity contribution in [3.05, 3.63) is 91.0 Å². The zero-order chi connectivity index (χ0) is 20.3. The number of hydrogen-bond acceptors (Lipinski definition) is 5. The van der Waals surface area contributed by atoms with Gasteiger partial charge in [-0.15, -0.1) is 0 Å². The molecule has 0 N–H and O–H groups in total. The molecule has 1 saturated carbocycles. The van der Waals surface area contributed by atoms with Gasteiger partial charge >= 0.3 is 0 Å². The third-order valence-electron chi connectivity index (χ3n) is 4.80. The number of rotatable bonds is 4. The summed E-state index contributed by atoms with van der Waals surface area (Å²) in [6, 6.07) is 12.1. The molecule has 1 fully saturated rings. The molecule has 0 heterocycles. The summed E-state index contributed by atoms with van der Waals surface area (Å²) in [7, 11) is 0. The molecule has 0 aromatic heterocycles. The Balaban J connectivity index is 1.87. The van der Waals surface area contributed by atoms with Gasteiger partial charge in [-0.1, -0.05) is 6.92 Å². The monoisotopic (exact) mass is 378 g/mol. The molecule has 1 aliphatic carbocycles. The van der Waals surface area contributed by atoms with Gasteiger partial charge in [-0.3, -0.25) is 25.0 Å². The van der Waals surface area contributed by atoms with Crippen LogP contribution in [0.2, 0.25) is 0 Å². The first kappa shape index (κ1) is 19.2. The van der Waals surface area contributed by atoms with Crippen molar-refractivity contribution in [3.63, 3.8) is 0 Å². The minimum atomic E-state index is -0.463. The minimum absolute atomic E-state index is 0.00363. The lowest BCUT2D eigenvalue weighted by Gasteiger charge is -2.23. The van der Waals surface area contributed by atoms with Gasteiger partial charge in [0.1, 0.15) is 0 Å². The molecule has 2 aromatic rings. The second-order valence-corrected chi connectivity index (χ2v) is 6.74. The van der Waals surface area contributed by atoms with E-state index < -0.39 is 9.85 Å². The average molecular weight is 378 g/mol. The van der Waals surface area contributed by atoms with Crippen LogP contribution in [0.4, 0.5) is 11.4 Å². The van der Waals surface area contributed by atoms with E-state index in [1.165, 1.54) is 24.3 Å². The van der Waals surface area contributed by atoms with Gasteiger partial charge in [0.15, 0.2) is 5.78 Å². The molecule has 0 aliphatic heterocycles. The van der Waals surface area contributed by atoms with Crippen LogP contribution in [-0.2, 0) is 4.79 Å². The molecule has 1 atom stereocenters. The standard InChI is InChI=1S/C21H18N2O5/c1-14-2-7-17(12-15-3-8-18(9-4-15)22(25)26)21(24)20(14)13-16-5-10-19(11-6-16)23(27)28/h3-6,8-14H,2,7H2,1H3/b17-12-,20-13+/t14-/m0/s1. The lowest BCUT2D eigenvalue weighted by molar-refractivity contribution is -0.385. The van der Waals surface area contributed by atoms with Gasteiger partial charge in [0.25, 0.3) is 11.4 Å². The second-order valence-electron chi connectivity index (χ2n) is 6.74. The fourth-order valence-corrected chi connectivity index (χ4v) is 3.16. The van der Waals surface area contributed by atoms with Gasteiger partial charge in [-0.25, -0.2) is 0 Å². The van der Waals surface area contributed by atoms with Gasteiger partial charge in [-0.2, -0.15) is 0 Å². The lowest BCUT2D eigenvalue weighted by atomic mass is 9.80. The van der Waals surface area contributed by atoms with E-state index in [-0.39, 0.29) is 23.1 Å². The van der Waals surface area contributed by atoms with Crippen molar-refractivity contribution in [3.8, 4) is 0 Å². The number of nitrogens with zero attached hydrogens (tertiary/aromatic N) is 2. The van der Waals surface area contributed by atoms with E-state index in [4.69, 9.17) is 0 Å². The number of Topliss-reactive ketones (excluding diaryl/α,β-unsaturated/α-hetero) is 1. The number of benzene rings is 2. The van der Waals surface area contributed by atoms with E-state index in [1.54, 1.807) is 36.4 Å². The molecule has 0 spiro atoms. The highest BCUT2D eigenvalue weighted by molar-refractivity contribution is 6.14. The average Bonchev–Trinajstić information content (AvgIpc) is 2.68. The maximum absolute atomic E-state index is 12.9. The number of ketones is 1. The maximum atomic E-state index is 12.9. The van der Waals surface area contributed by atoms with Gasteiger partial charge in [0.05, 0.1) is 9.85 Å². The van der Waals surface area contributed by atoms with Crippen molar-refractivity contribution >= 4 is 29.3 Å². The van der Waals surface area contributed by atoms with E-state index >= 15 is 0 Å². The van der Waals surface area contributed by atoms with Crippen LogP contribution < -0.4 is 0 Å². The summed E-state index contributed by atoms with van der Waals surface area (Å²) in [5.41, 5.74) is 2.79. The van der Waals surface area contributed by atoms with E-state index in [1.807, 2.05) is 6.92 Å². The normalized spacial score (nSPS) is 19.8. The fraction of sp³-hybridized carbons (Fsp3) is 0.190. The molecule has 0 bridgehead atoms. The first-order valence-corrected chi connectivity index (χ1v) is 8.81. The van der Waals surface area contributed by atoms with Crippen LogP contribution in [0.1, 0.15) is 30.9 Å². The Labute approximate surface area is 161 Å². The first-order valence-electron chi connectivity index (χ1n) is 8.81. The van der Waals surface area contributed by atoms with Gasteiger partial charge in [0, 0.05) is 35.4 Å². The summed E-state index contributed by atoms with van der Waals surface area (Å²) in [5, 5.41) is 21.5. The largest absolute Gasteiger partial charge is 0.289 e. The Morgan fingerprint density at radius 1 is 0.857 bits per heavy atom. The van der Waals surface area contributed by atoms with E-state index in [2.05, 4.69) is 0 Å². The second kappa shape index (κ2) is 7.96. The van der Waals surface area contributed by atoms with Crippen molar-refractivity contribution in [1.82, 2.24) is 0 Å². The Hall–Kier alpha value is -3.61. The van der Waals surface area contributed by atoms with Crippen molar-refractivity contribution < 1.29 is 14.6 Å². The number of carbonyl (C=O) groups excluding carboxylic acids is 1. The Kier molecular flexibility index (Phi) is 5.44. The highest BCUT2D eigenvalue weighted by Gasteiger charge is 2.26. The molecule has 1 aliphatic rings. The van der Waals surface area contributed by atoms with E-state index in [9.17, 15) is 25.0 Å². The van der Waals surface area contributed by atoms with Crippen LogP contribution in [0.25, 0.3) is 12.2 Å². The van der Waals surface area contributed by atoms with Crippen LogP contribution in [0, 0.1) is 26.1 Å². The molecular weight excluding hydrogens is 360 g/mol. The topological polar surface area (TPSA) is 103 Å². The molecule has 0 radical (unpaired) electrons. The summed E-state index contributed by atoms with van der Waals surface area (Å²) < 4.78 is 0. The molecule has 2 aromatic carbocycles. The van der Waals surface area contributed by atoms with Crippen LogP contribution in [-0.4, -0.2) is 15.6 Å². The number of carbonyl (C=O) groups is 1. The van der Waals surface area contributed by atoms with Crippen LogP contribution in [0.5, 0.6) is 0 Å². The molecule has 0 unspecified atom stereocenters. The predicted molar refractivity (Wildman–Crippen MR) is 106 cm³/mol. The Morgan fingerprint density at radius 3 is 1.79 bits per heavy atom. The zero-order valence-electron chi connectivity index (χ0n) is 15.2. The molecule has 0 amide bonds. The minimum Gasteiger partial charge on any atom is -0.289 e. The third-order valence-corrected chi connectivity index (χ3v) is 4.80. The summed E-state index contributed by atoms with van der Waals surface area (Å²) >= 11 is 0. The summed E-state index contributed by atoms with van der Waals surface area (Å²) in [5.74, 6) is 0.0205.